The van der Waals surface area contributed by atoms with Gasteiger partial charge in [-0.15, -0.1) is 0 Å². The van der Waals surface area contributed by atoms with Crippen molar-refractivity contribution < 1.29 is 23.5 Å². The van der Waals surface area contributed by atoms with E-state index >= 15 is 0 Å². The number of para-hydroxylation sites is 1. The SMILES string of the molecule is Cc1ccc(NC(=O)[C@@]23C(=O)Oc4ccccc4[C@@H]2[C@@]3(C)C(=O)c2ccc(F)cc2)cc1. The van der Waals surface area contributed by atoms with Crippen LogP contribution in [0.4, 0.5) is 10.1 Å². The second kappa shape index (κ2) is 6.85. The lowest BCUT2D eigenvalue weighted by molar-refractivity contribution is -0.147. The second-order valence-corrected chi connectivity index (χ2v) is 8.53. The van der Waals surface area contributed by atoms with E-state index in [1.165, 1.54) is 24.3 Å². The monoisotopic (exact) mass is 429 g/mol. The maximum Gasteiger partial charge on any atom is 0.328 e. The number of hydrogen-bond donors (Lipinski definition) is 1. The summed E-state index contributed by atoms with van der Waals surface area (Å²) >= 11 is 0. The Morgan fingerprint density at radius 3 is 2.31 bits per heavy atom. The molecule has 5 nitrogen and oxygen atoms in total. The Morgan fingerprint density at radius 1 is 0.969 bits per heavy atom. The summed E-state index contributed by atoms with van der Waals surface area (Å²) in [5.74, 6) is -2.59. The van der Waals surface area contributed by atoms with Crippen molar-refractivity contribution in [2.45, 2.75) is 19.8 Å². The molecular weight excluding hydrogens is 409 g/mol. The van der Waals surface area contributed by atoms with Crippen LogP contribution in [0.25, 0.3) is 0 Å². The van der Waals surface area contributed by atoms with E-state index < -0.39 is 40.2 Å². The minimum absolute atomic E-state index is 0.232. The Balaban J connectivity index is 1.62. The number of esters is 1. The first kappa shape index (κ1) is 20.1. The molecule has 1 amide bonds. The van der Waals surface area contributed by atoms with E-state index in [-0.39, 0.29) is 5.56 Å². The van der Waals surface area contributed by atoms with Gasteiger partial charge in [-0.1, -0.05) is 35.9 Å². The number of benzene rings is 3. The van der Waals surface area contributed by atoms with Crippen molar-refractivity contribution in [1.29, 1.82) is 0 Å². The number of amides is 1. The predicted octanol–water partition coefficient (Wildman–Crippen LogP) is 4.66. The number of rotatable bonds is 4. The van der Waals surface area contributed by atoms with E-state index in [0.29, 0.717) is 17.0 Å². The smallest absolute Gasteiger partial charge is 0.328 e. The Kier molecular flexibility index (Phi) is 4.31. The molecule has 32 heavy (non-hydrogen) atoms. The van der Waals surface area contributed by atoms with Crippen molar-refractivity contribution >= 4 is 23.3 Å². The van der Waals surface area contributed by atoms with Crippen LogP contribution >= 0.6 is 0 Å². The topological polar surface area (TPSA) is 72.5 Å². The molecule has 0 spiro atoms. The van der Waals surface area contributed by atoms with Crippen LogP contribution in [-0.4, -0.2) is 17.7 Å². The van der Waals surface area contributed by atoms with Gasteiger partial charge in [-0.05, 0) is 56.3 Å². The first-order valence-electron chi connectivity index (χ1n) is 10.3. The fourth-order valence-corrected chi connectivity index (χ4v) is 5.02. The summed E-state index contributed by atoms with van der Waals surface area (Å²) in [5, 5.41) is 2.80. The molecule has 2 aliphatic rings. The van der Waals surface area contributed by atoms with Gasteiger partial charge in [-0.2, -0.15) is 0 Å². The van der Waals surface area contributed by atoms with E-state index in [1.807, 2.05) is 19.1 Å². The van der Waals surface area contributed by atoms with E-state index in [4.69, 9.17) is 4.74 Å². The number of carbonyl (C=O) groups is 3. The number of fused-ring (bicyclic) bond motifs is 3. The maximum atomic E-state index is 13.7. The molecule has 1 saturated carbocycles. The average molecular weight is 429 g/mol. The lowest BCUT2D eigenvalue weighted by Crippen LogP contribution is -2.42. The number of nitrogens with one attached hydrogen (secondary N) is 1. The van der Waals surface area contributed by atoms with E-state index in [2.05, 4.69) is 5.32 Å². The highest BCUT2D eigenvalue weighted by molar-refractivity contribution is 6.23. The van der Waals surface area contributed by atoms with Gasteiger partial charge in [0.25, 0.3) is 0 Å². The van der Waals surface area contributed by atoms with Gasteiger partial charge in [0, 0.05) is 22.7 Å². The first-order chi connectivity index (χ1) is 15.3. The van der Waals surface area contributed by atoms with Crippen LogP contribution in [0.1, 0.15) is 34.3 Å². The molecule has 0 bridgehead atoms. The molecule has 0 radical (unpaired) electrons. The Hall–Kier alpha value is -3.80. The molecule has 1 heterocycles. The van der Waals surface area contributed by atoms with Crippen LogP contribution in [-0.2, 0) is 9.59 Å². The summed E-state index contributed by atoms with van der Waals surface area (Å²) in [6.07, 6.45) is 0. The fraction of sp³-hybridized carbons (Fsp3) is 0.192. The molecule has 0 aromatic heterocycles. The molecule has 0 saturated heterocycles. The number of carbonyl (C=O) groups excluding carboxylic acids is 3. The maximum absolute atomic E-state index is 13.7. The Morgan fingerprint density at radius 2 is 1.62 bits per heavy atom. The number of ether oxygens (including phenoxy) is 1. The van der Waals surface area contributed by atoms with Gasteiger partial charge in [-0.3, -0.25) is 14.4 Å². The minimum atomic E-state index is -1.72. The number of hydrogen-bond acceptors (Lipinski definition) is 4. The molecule has 160 valence electrons. The predicted molar refractivity (Wildman–Crippen MR) is 116 cm³/mol. The zero-order chi connectivity index (χ0) is 22.7. The quantitative estimate of drug-likeness (QED) is 0.283. The average Bonchev–Trinajstić information content (AvgIpc) is 3.39. The number of ketones is 1. The first-order valence-corrected chi connectivity index (χ1v) is 10.3. The zero-order valence-corrected chi connectivity index (χ0v) is 17.5. The van der Waals surface area contributed by atoms with Crippen molar-refractivity contribution in [2.24, 2.45) is 10.8 Å². The third kappa shape index (κ3) is 2.59. The number of Topliss-reactive ketones (excluding diaryl/α,β-unsaturated/α-hetero) is 1. The van der Waals surface area contributed by atoms with Crippen molar-refractivity contribution in [3.8, 4) is 5.75 Å². The summed E-state index contributed by atoms with van der Waals surface area (Å²) in [6, 6.07) is 19.2. The highest BCUT2D eigenvalue weighted by atomic mass is 19.1. The van der Waals surface area contributed by atoms with Crippen LogP contribution in [0.3, 0.4) is 0 Å². The highest BCUT2D eigenvalue weighted by Gasteiger charge is 2.88. The molecule has 1 fully saturated rings. The van der Waals surface area contributed by atoms with Crippen LogP contribution in [0.5, 0.6) is 5.75 Å². The number of halogens is 1. The normalized spacial score (nSPS) is 25.2. The largest absolute Gasteiger partial charge is 0.425 e. The van der Waals surface area contributed by atoms with Gasteiger partial charge in [0.2, 0.25) is 5.91 Å². The van der Waals surface area contributed by atoms with E-state index in [0.717, 1.165) is 5.56 Å². The lowest BCUT2D eigenvalue weighted by Gasteiger charge is -2.23. The van der Waals surface area contributed by atoms with Crippen LogP contribution < -0.4 is 10.1 Å². The van der Waals surface area contributed by atoms with Crippen molar-refractivity contribution in [2.75, 3.05) is 5.32 Å². The van der Waals surface area contributed by atoms with Gasteiger partial charge in [0.15, 0.2) is 11.2 Å². The zero-order valence-electron chi connectivity index (χ0n) is 17.5. The summed E-state index contributed by atoms with van der Waals surface area (Å²) in [6.45, 7) is 3.54. The Bertz CT molecular complexity index is 1270. The lowest BCUT2D eigenvalue weighted by atomic mass is 9.86. The van der Waals surface area contributed by atoms with Crippen molar-refractivity contribution in [3.05, 3.63) is 95.3 Å². The molecule has 1 aliphatic carbocycles. The molecule has 3 atom stereocenters. The molecule has 0 unspecified atom stereocenters. The molecule has 3 aromatic rings. The van der Waals surface area contributed by atoms with Crippen LogP contribution in [0, 0.1) is 23.6 Å². The van der Waals surface area contributed by atoms with Crippen molar-refractivity contribution in [1.82, 2.24) is 0 Å². The van der Waals surface area contributed by atoms with Crippen molar-refractivity contribution in [3.63, 3.8) is 0 Å². The fourth-order valence-electron chi connectivity index (χ4n) is 5.02. The number of anilines is 1. The standard InChI is InChI=1S/C26H20FNO4/c1-15-7-13-18(14-8-15)28-23(30)26-21(19-5-3-4-6-20(19)32-24(26)31)25(26,2)22(29)16-9-11-17(27)12-10-16/h3-14,21H,1-2H3,(H,28,30)/t21-,25+,26-/m1/s1. The highest BCUT2D eigenvalue weighted by Crippen LogP contribution is 2.78. The summed E-state index contributed by atoms with van der Waals surface area (Å²) in [5.41, 5.74) is -0.710. The van der Waals surface area contributed by atoms with Gasteiger partial charge in [-0.25, -0.2) is 4.39 Å². The van der Waals surface area contributed by atoms with E-state index in [1.54, 1.807) is 43.3 Å². The molecule has 3 aromatic carbocycles. The van der Waals surface area contributed by atoms with Gasteiger partial charge in [0.05, 0.1) is 5.41 Å². The second-order valence-electron chi connectivity index (χ2n) is 8.53. The Labute approximate surface area is 184 Å². The van der Waals surface area contributed by atoms with Crippen LogP contribution in [0.2, 0.25) is 0 Å². The number of aryl methyl sites for hydroxylation is 1. The van der Waals surface area contributed by atoms with Gasteiger partial charge >= 0.3 is 5.97 Å². The molecule has 6 heteroatoms. The molecule has 1 aliphatic heterocycles. The summed E-state index contributed by atoms with van der Waals surface area (Å²) in [4.78, 5) is 40.6. The third-order valence-corrected chi connectivity index (χ3v) is 6.75. The summed E-state index contributed by atoms with van der Waals surface area (Å²) < 4.78 is 19.0. The minimum Gasteiger partial charge on any atom is -0.425 e. The molecule has 1 N–H and O–H groups in total. The van der Waals surface area contributed by atoms with Gasteiger partial charge in [0.1, 0.15) is 11.6 Å². The summed E-state index contributed by atoms with van der Waals surface area (Å²) in [7, 11) is 0. The van der Waals surface area contributed by atoms with Crippen LogP contribution in [0.15, 0.2) is 72.8 Å². The molecular formula is C26H20FNO4. The van der Waals surface area contributed by atoms with E-state index in [9.17, 15) is 18.8 Å². The van der Waals surface area contributed by atoms with Gasteiger partial charge < -0.3 is 10.1 Å². The third-order valence-electron chi connectivity index (χ3n) is 6.75. The molecule has 5 rings (SSSR count).